The highest BCUT2D eigenvalue weighted by atomic mass is 16.5. The molecule has 148 valence electrons. The van der Waals surface area contributed by atoms with Crippen molar-refractivity contribution in [1.29, 1.82) is 0 Å². The van der Waals surface area contributed by atoms with Crippen molar-refractivity contribution in [3.8, 4) is 11.5 Å². The lowest BCUT2D eigenvalue weighted by Crippen LogP contribution is -2.36. The average molecular weight is 381 g/mol. The van der Waals surface area contributed by atoms with Gasteiger partial charge in [0.25, 0.3) is 0 Å². The fourth-order valence-corrected chi connectivity index (χ4v) is 3.46. The molecule has 28 heavy (non-hydrogen) atoms. The molecule has 5 heteroatoms. The van der Waals surface area contributed by atoms with Gasteiger partial charge in [-0.3, -0.25) is 9.59 Å². The van der Waals surface area contributed by atoms with Crippen LogP contribution in [-0.4, -0.2) is 36.3 Å². The number of ketones is 1. The smallest absolute Gasteiger partial charge is 0.223 e. The lowest BCUT2D eigenvalue weighted by atomic mass is 9.98. The molecule has 1 heterocycles. The first-order valence-corrected chi connectivity index (χ1v) is 9.89. The Kier molecular flexibility index (Phi) is 6.69. The number of hydrogen-bond donors (Lipinski definition) is 0. The fraction of sp³-hybridized carbons (Fsp3) is 0.391. The number of carbonyl (C=O) groups is 2. The van der Waals surface area contributed by atoms with Crippen molar-refractivity contribution in [2.75, 3.05) is 19.8 Å². The number of amides is 1. The number of fused-ring (bicyclic) bond motifs is 1. The molecule has 5 nitrogen and oxygen atoms in total. The van der Waals surface area contributed by atoms with Crippen molar-refractivity contribution in [1.82, 2.24) is 4.90 Å². The zero-order chi connectivity index (χ0) is 19.9. The van der Waals surface area contributed by atoms with Gasteiger partial charge in [0.05, 0.1) is 13.2 Å². The molecule has 1 aliphatic heterocycles. The van der Waals surface area contributed by atoms with Crippen LogP contribution in [0.4, 0.5) is 0 Å². The zero-order valence-electron chi connectivity index (χ0n) is 16.6. The summed E-state index contributed by atoms with van der Waals surface area (Å²) < 4.78 is 11.4. The van der Waals surface area contributed by atoms with Crippen molar-refractivity contribution in [3.63, 3.8) is 0 Å². The maximum absolute atomic E-state index is 12.6. The molecule has 0 bridgehead atoms. The van der Waals surface area contributed by atoms with Gasteiger partial charge >= 0.3 is 0 Å². The number of carbonyl (C=O) groups excluding carboxylic acids is 2. The Morgan fingerprint density at radius 2 is 1.57 bits per heavy atom. The highest BCUT2D eigenvalue weighted by molar-refractivity contribution is 5.97. The number of benzene rings is 2. The van der Waals surface area contributed by atoms with Crippen LogP contribution in [-0.2, 0) is 17.8 Å². The first-order valence-electron chi connectivity index (χ1n) is 9.89. The van der Waals surface area contributed by atoms with Crippen molar-refractivity contribution in [2.45, 2.75) is 39.7 Å². The predicted molar refractivity (Wildman–Crippen MR) is 108 cm³/mol. The van der Waals surface area contributed by atoms with E-state index in [9.17, 15) is 9.59 Å². The van der Waals surface area contributed by atoms with E-state index in [1.807, 2.05) is 49.1 Å². The molecular weight excluding hydrogens is 354 g/mol. The van der Waals surface area contributed by atoms with Crippen LogP contribution in [0.15, 0.2) is 42.5 Å². The van der Waals surface area contributed by atoms with Gasteiger partial charge in [-0.05, 0) is 43.5 Å². The predicted octanol–water partition coefficient (Wildman–Crippen LogP) is 4.03. The Morgan fingerprint density at radius 1 is 0.929 bits per heavy atom. The molecule has 0 saturated carbocycles. The molecule has 0 saturated heterocycles. The maximum atomic E-state index is 12.6. The van der Waals surface area contributed by atoms with Crippen LogP contribution >= 0.6 is 0 Å². The quantitative estimate of drug-likeness (QED) is 0.648. The normalized spacial score (nSPS) is 13.0. The van der Waals surface area contributed by atoms with Gasteiger partial charge in [-0.25, -0.2) is 0 Å². The molecule has 0 radical (unpaired) electrons. The van der Waals surface area contributed by atoms with Gasteiger partial charge in [-0.2, -0.15) is 0 Å². The van der Waals surface area contributed by atoms with E-state index in [0.29, 0.717) is 31.9 Å². The minimum Gasteiger partial charge on any atom is -0.490 e. The van der Waals surface area contributed by atoms with E-state index in [4.69, 9.17) is 9.47 Å². The van der Waals surface area contributed by atoms with Crippen molar-refractivity contribution in [3.05, 3.63) is 59.2 Å². The van der Waals surface area contributed by atoms with E-state index < -0.39 is 0 Å². The lowest BCUT2D eigenvalue weighted by Gasteiger charge is -2.30. The van der Waals surface area contributed by atoms with Gasteiger partial charge in [0.15, 0.2) is 17.3 Å². The third kappa shape index (κ3) is 4.71. The van der Waals surface area contributed by atoms with Crippen molar-refractivity contribution >= 4 is 11.7 Å². The van der Waals surface area contributed by atoms with E-state index in [2.05, 4.69) is 0 Å². The third-order valence-corrected chi connectivity index (χ3v) is 4.89. The summed E-state index contributed by atoms with van der Waals surface area (Å²) in [5.41, 5.74) is 2.93. The van der Waals surface area contributed by atoms with Gasteiger partial charge in [-0.15, -0.1) is 0 Å². The summed E-state index contributed by atoms with van der Waals surface area (Å²) in [6.45, 7) is 6.23. The fourth-order valence-electron chi connectivity index (χ4n) is 3.46. The van der Waals surface area contributed by atoms with Crippen LogP contribution < -0.4 is 9.47 Å². The van der Waals surface area contributed by atoms with Gasteiger partial charge in [0.1, 0.15) is 0 Å². The maximum Gasteiger partial charge on any atom is 0.223 e. The molecule has 0 unspecified atom stereocenters. The Morgan fingerprint density at radius 3 is 2.21 bits per heavy atom. The van der Waals surface area contributed by atoms with Gasteiger partial charge in [0.2, 0.25) is 5.91 Å². The summed E-state index contributed by atoms with van der Waals surface area (Å²) in [6, 6.07) is 13.1. The van der Waals surface area contributed by atoms with Crippen LogP contribution in [0.25, 0.3) is 0 Å². The highest BCUT2D eigenvalue weighted by Crippen LogP contribution is 2.34. The van der Waals surface area contributed by atoms with Gasteiger partial charge < -0.3 is 14.4 Å². The Balaban J connectivity index is 1.64. The topological polar surface area (TPSA) is 55.8 Å². The lowest BCUT2D eigenvalue weighted by molar-refractivity contribution is -0.132. The van der Waals surface area contributed by atoms with E-state index in [1.54, 1.807) is 12.1 Å². The van der Waals surface area contributed by atoms with E-state index in [0.717, 1.165) is 23.5 Å². The molecule has 2 aromatic rings. The van der Waals surface area contributed by atoms with Crippen LogP contribution in [0.5, 0.6) is 11.5 Å². The van der Waals surface area contributed by atoms with Crippen LogP contribution in [0.1, 0.15) is 48.2 Å². The number of hydrogen-bond acceptors (Lipinski definition) is 4. The summed E-state index contributed by atoms with van der Waals surface area (Å²) in [5.74, 6) is 1.50. The van der Waals surface area contributed by atoms with Gasteiger partial charge in [-0.1, -0.05) is 30.3 Å². The third-order valence-electron chi connectivity index (χ3n) is 4.89. The minimum absolute atomic E-state index is 0.00588. The number of nitrogens with zero attached hydrogens (tertiary/aromatic N) is 1. The summed E-state index contributed by atoms with van der Waals surface area (Å²) in [7, 11) is 0. The summed E-state index contributed by atoms with van der Waals surface area (Å²) in [4.78, 5) is 26.7. The van der Waals surface area contributed by atoms with Crippen molar-refractivity contribution in [2.24, 2.45) is 0 Å². The van der Waals surface area contributed by atoms with E-state index in [-0.39, 0.29) is 24.5 Å². The molecule has 3 rings (SSSR count). The highest BCUT2D eigenvalue weighted by Gasteiger charge is 2.23. The molecule has 0 atom stereocenters. The largest absolute Gasteiger partial charge is 0.490 e. The molecule has 0 aromatic heterocycles. The van der Waals surface area contributed by atoms with Crippen LogP contribution in [0.3, 0.4) is 0 Å². The first kappa shape index (κ1) is 19.9. The molecule has 2 aromatic carbocycles. The molecule has 0 fully saturated rings. The Bertz CT molecular complexity index is 832. The first-order chi connectivity index (χ1) is 13.6. The number of ether oxygens (including phenoxy) is 2. The van der Waals surface area contributed by atoms with Crippen LogP contribution in [0, 0.1) is 0 Å². The van der Waals surface area contributed by atoms with E-state index >= 15 is 0 Å². The summed E-state index contributed by atoms with van der Waals surface area (Å²) >= 11 is 0. The second-order valence-corrected chi connectivity index (χ2v) is 6.79. The molecule has 1 aliphatic rings. The van der Waals surface area contributed by atoms with Gasteiger partial charge in [0, 0.05) is 31.5 Å². The summed E-state index contributed by atoms with van der Waals surface area (Å²) in [5, 5.41) is 0. The summed E-state index contributed by atoms with van der Waals surface area (Å²) in [6.07, 6.45) is 1.25. The monoisotopic (exact) mass is 381 g/mol. The molecular formula is C23H27NO4. The number of rotatable bonds is 8. The minimum atomic E-state index is 0.00588. The average Bonchev–Trinajstić information content (AvgIpc) is 2.73. The second-order valence-electron chi connectivity index (χ2n) is 6.79. The Hall–Kier alpha value is -2.82. The SMILES string of the molecule is CCOc1cc2c(cc1OCC)CN(C(=O)CCC(=O)c1ccccc1)CC2. The molecule has 0 spiro atoms. The van der Waals surface area contributed by atoms with E-state index in [1.165, 1.54) is 5.56 Å². The Labute approximate surface area is 166 Å². The molecule has 1 amide bonds. The second kappa shape index (κ2) is 9.40. The molecule has 0 N–H and O–H groups in total. The zero-order valence-corrected chi connectivity index (χ0v) is 16.6. The standard InChI is InChI=1S/C23H27NO4/c1-3-27-21-14-18-12-13-24(16-19(18)15-22(21)28-4-2)23(26)11-10-20(25)17-8-6-5-7-9-17/h5-9,14-15H,3-4,10-13,16H2,1-2H3. The van der Waals surface area contributed by atoms with Crippen LogP contribution in [0.2, 0.25) is 0 Å². The van der Waals surface area contributed by atoms with Crippen molar-refractivity contribution < 1.29 is 19.1 Å². The molecule has 0 aliphatic carbocycles. The number of Topliss-reactive ketones (excluding diaryl/α,β-unsaturated/α-hetero) is 1.